The molecule has 0 aliphatic heterocycles. The number of fused-ring (bicyclic) bond motifs is 1. The van der Waals surface area contributed by atoms with Crippen molar-refractivity contribution in [3.8, 4) is 0 Å². The number of para-hydroxylation sites is 1. The van der Waals surface area contributed by atoms with E-state index in [1.165, 1.54) is 4.09 Å². The van der Waals surface area contributed by atoms with E-state index in [1.807, 2.05) is 24.3 Å². The first-order chi connectivity index (χ1) is 5.29. The molecule has 2 heteroatoms. The van der Waals surface area contributed by atoms with Gasteiger partial charge in [0.1, 0.15) is 0 Å². The summed E-state index contributed by atoms with van der Waals surface area (Å²) in [6, 6.07) is 8.05. The number of hydrogen-bond acceptors (Lipinski definition) is 0. The molecular formula is C8H6ClN. The molecule has 10 heavy (non-hydrogen) atoms. The normalized spacial score (nSPS) is 11.9. The Labute approximate surface area is 65.4 Å². The summed E-state index contributed by atoms with van der Waals surface area (Å²) in [6.07, 6.45) is 1.59. The molecule has 1 heterocycles. The van der Waals surface area contributed by atoms with Crippen molar-refractivity contribution < 1.29 is 1.37 Å². The van der Waals surface area contributed by atoms with Gasteiger partial charge >= 0.3 is 0 Å². The smallest absolute Gasteiger partial charge is 0.0647 e. The molecule has 1 aromatic heterocycles. The van der Waals surface area contributed by atoms with E-state index in [2.05, 4.69) is 0 Å². The van der Waals surface area contributed by atoms with Gasteiger partial charge in [0.2, 0.25) is 0 Å². The molecule has 0 unspecified atom stereocenters. The zero-order valence-electron chi connectivity index (χ0n) is 6.21. The Morgan fingerprint density at radius 3 is 3.00 bits per heavy atom. The molecule has 0 saturated carbocycles. The van der Waals surface area contributed by atoms with E-state index in [1.54, 1.807) is 6.20 Å². The maximum atomic E-state index is 7.48. The Hall–Kier alpha value is -0.950. The Kier molecular flexibility index (Phi) is 0.974. The van der Waals surface area contributed by atoms with Crippen molar-refractivity contribution >= 4 is 22.7 Å². The van der Waals surface area contributed by atoms with Gasteiger partial charge in [-0.3, -0.25) is 4.09 Å². The largest absolute Gasteiger partial charge is 0.260 e. The van der Waals surface area contributed by atoms with Crippen LogP contribution < -0.4 is 0 Å². The highest BCUT2D eigenvalue weighted by atomic mass is 35.5. The number of nitrogens with zero attached hydrogens (tertiary/aromatic N) is 1. The molecule has 50 valence electrons. The van der Waals surface area contributed by atoms with Gasteiger partial charge in [-0.1, -0.05) is 18.2 Å². The summed E-state index contributed by atoms with van der Waals surface area (Å²) in [4.78, 5) is 0. The second-order valence-corrected chi connectivity index (χ2v) is 2.47. The van der Waals surface area contributed by atoms with Gasteiger partial charge in [0.25, 0.3) is 0 Å². The SMILES string of the molecule is [2H]c1cn(Cl)c2ccccc12. The predicted molar refractivity (Wildman–Crippen MR) is 43.2 cm³/mol. The first-order valence-electron chi connectivity index (χ1n) is 3.52. The number of aromatic nitrogens is 1. The number of rotatable bonds is 0. The predicted octanol–water partition coefficient (Wildman–Crippen LogP) is 2.64. The van der Waals surface area contributed by atoms with Gasteiger partial charge in [-0.15, -0.1) is 0 Å². The van der Waals surface area contributed by atoms with Gasteiger partial charge in [-0.2, -0.15) is 0 Å². The van der Waals surface area contributed by atoms with Crippen LogP contribution in [0.15, 0.2) is 36.5 Å². The van der Waals surface area contributed by atoms with Crippen LogP contribution in [0, 0.1) is 0 Å². The molecule has 0 bridgehead atoms. The second kappa shape index (κ2) is 2.03. The Morgan fingerprint density at radius 2 is 2.20 bits per heavy atom. The molecule has 0 atom stereocenters. The third-order valence-electron chi connectivity index (χ3n) is 1.47. The lowest BCUT2D eigenvalue weighted by Crippen LogP contribution is -1.72. The van der Waals surface area contributed by atoms with Crippen LogP contribution in [0.3, 0.4) is 0 Å². The fraction of sp³-hybridized carbons (Fsp3) is 0. The van der Waals surface area contributed by atoms with Gasteiger partial charge in [0.05, 0.1) is 6.89 Å². The molecule has 2 rings (SSSR count). The standard InChI is InChI=1S/C8H6ClN/c9-10-6-5-7-3-1-2-4-8(7)10/h1-6H/i5D. The highest BCUT2D eigenvalue weighted by molar-refractivity contribution is 6.19. The van der Waals surface area contributed by atoms with Crippen molar-refractivity contribution in [2.75, 3.05) is 0 Å². The molecule has 2 aromatic rings. The van der Waals surface area contributed by atoms with Crippen molar-refractivity contribution in [1.29, 1.82) is 0 Å². The lowest BCUT2D eigenvalue weighted by Gasteiger charge is -1.89. The van der Waals surface area contributed by atoms with Crippen LogP contribution in [-0.2, 0) is 0 Å². The van der Waals surface area contributed by atoms with Crippen LogP contribution in [-0.4, -0.2) is 4.09 Å². The van der Waals surface area contributed by atoms with Gasteiger partial charge in [-0.05, 0) is 12.1 Å². The van der Waals surface area contributed by atoms with Crippen molar-refractivity contribution in [3.63, 3.8) is 0 Å². The Bertz CT molecular complexity index is 358. The molecule has 0 aliphatic carbocycles. The van der Waals surface area contributed by atoms with E-state index in [0.29, 0.717) is 6.04 Å². The van der Waals surface area contributed by atoms with Crippen LogP contribution in [0.2, 0.25) is 0 Å². The fourth-order valence-corrected chi connectivity index (χ4v) is 1.17. The minimum absolute atomic E-state index is 0.468. The van der Waals surface area contributed by atoms with E-state index in [0.717, 1.165) is 10.9 Å². The zero-order valence-corrected chi connectivity index (χ0v) is 5.97. The highest BCUT2D eigenvalue weighted by Gasteiger charge is 1.94. The number of benzene rings is 1. The van der Waals surface area contributed by atoms with Gasteiger partial charge in [0.15, 0.2) is 0 Å². The van der Waals surface area contributed by atoms with E-state index in [4.69, 9.17) is 13.1 Å². The van der Waals surface area contributed by atoms with Crippen LogP contribution in [0.25, 0.3) is 10.9 Å². The average molecular weight is 153 g/mol. The van der Waals surface area contributed by atoms with Crippen LogP contribution >= 0.6 is 11.8 Å². The van der Waals surface area contributed by atoms with Gasteiger partial charge in [-0.25, -0.2) is 0 Å². The quantitative estimate of drug-likeness (QED) is 0.547. The summed E-state index contributed by atoms with van der Waals surface area (Å²) >= 11 is 5.77. The van der Waals surface area contributed by atoms with Crippen molar-refractivity contribution in [2.24, 2.45) is 0 Å². The van der Waals surface area contributed by atoms with Gasteiger partial charge < -0.3 is 0 Å². The van der Waals surface area contributed by atoms with Gasteiger partial charge in [0, 0.05) is 23.4 Å². The third kappa shape index (κ3) is 0.711. The Balaban J connectivity index is 2.95. The minimum Gasteiger partial charge on any atom is -0.260 e. The summed E-state index contributed by atoms with van der Waals surface area (Å²) in [5.41, 5.74) is 0.888. The average Bonchev–Trinajstić information content (AvgIpc) is 2.30. The molecule has 0 spiro atoms. The maximum absolute atomic E-state index is 7.48. The summed E-state index contributed by atoms with van der Waals surface area (Å²) in [5, 5.41) is 0.891. The molecule has 0 N–H and O–H groups in total. The van der Waals surface area contributed by atoms with Crippen molar-refractivity contribution in [1.82, 2.24) is 4.09 Å². The van der Waals surface area contributed by atoms with E-state index < -0.39 is 0 Å². The molecule has 1 nitrogen and oxygen atoms in total. The molecule has 0 fully saturated rings. The van der Waals surface area contributed by atoms with Crippen LogP contribution in [0.4, 0.5) is 0 Å². The van der Waals surface area contributed by atoms with Crippen molar-refractivity contribution in [3.05, 3.63) is 36.5 Å². The molecule has 0 radical (unpaired) electrons. The highest BCUT2D eigenvalue weighted by Crippen LogP contribution is 2.15. The molecule has 1 aromatic carbocycles. The summed E-state index contributed by atoms with van der Waals surface area (Å²) in [5.74, 6) is 0. The molecule has 0 aliphatic rings. The van der Waals surface area contributed by atoms with E-state index >= 15 is 0 Å². The monoisotopic (exact) mass is 152 g/mol. The molecule has 0 saturated heterocycles. The summed E-state index contributed by atoms with van der Waals surface area (Å²) in [6.45, 7) is 0. The molecule has 0 amide bonds. The topological polar surface area (TPSA) is 4.93 Å². The third-order valence-corrected chi connectivity index (χ3v) is 1.75. The number of hydrogen-bond donors (Lipinski definition) is 0. The van der Waals surface area contributed by atoms with E-state index in [9.17, 15) is 0 Å². The van der Waals surface area contributed by atoms with Crippen molar-refractivity contribution in [2.45, 2.75) is 0 Å². The van der Waals surface area contributed by atoms with Crippen LogP contribution in [0.5, 0.6) is 0 Å². The lowest BCUT2D eigenvalue weighted by molar-refractivity contribution is 1.33. The first kappa shape index (κ1) is 4.80. The lowest BCUT2D eigenvalue weighted by atomic mass is 10.3. The molecular weight excluding hydrogens is 146 g/mol. The minimum atomic E-state index is 0.468. The second-order valence-electron chi connectivity index (χ2n) is 2.10. The first-order valence-corrected chi connectivity index (χ1v) is 3.35. The fourth-order valence-electron chi connectivity index (χ4n) is 0.978. The zero-order chi connectivity index (χ0) is 7.84. The van der Waals surface area contributed by atoms with Crippen LogP contribution in [0.1, 0.15) is 1.37 Å². The number of halogens is 1. The summed E-state index contributed by atoms with van der Waals surface area (Å²) in [7, 11) is 0. The maximum Gasteiger partial charge on any atom is 0.0647 e. The Morgan fingerprint density at radius 1 is 1.40 bits per heavy atom. The summed E-state index contributed by atoms with van der Waals surface area (Å²) < 4.78 is 8.92. The van der Waals surface area contributed by atoms with E-state index in [-0.39, 0.29) is 0 Å².